The van der Waals surface area contributed by atoms with Crippen LogP contribution in [0.5, 0.6) is 0 Å². The molecule has 0 atom stereocenters. The first-order valence-electron chi connectivity index (χ1n) is 9.31. The van der Waals surface area contributed by atoms with Crippen molar-refractivity contribution in [1.29, 1.82) is 0 Å². The predicted octanol–water partition coefficient (Wildman–Crippen LogP) is 3.91. The summed E-state index contributed by atoms with van der Waals surface area (Å²) in [6.07, 6.45) is 5.32. The van der Waals surface area contributed by atoms with E-state index >= 15 is 0 Å². The van der Waals surface area contributed by atoms with E-state index in [2.05, 4.69) is 21.2 Å². The first-order chi connectivity index (χ1) is 14.6. The number of carbonyl (C=O) groups excluding carboxylic acids is 1. The highest BCUT2D eigenvalue weighted by molar-refractivity contribution is 6.38. The summed E-state index contributed by atoms with van der Waals surface area (Å²) in [6, 6.07) is 19.3. The maximum atomic E-state index is 12.6. The van der Waals surface area contributed by atoms with E-state index in [0.29, 0.717) is 27.4 Å². The Hall–Kier alpha value is -3.69. The molecular weight excluding hydrogens is 398 g/mol. The molecule has 0 radical (unpaired) electrons. The monoisotopic (exact) mass is 415 g/mol. The molecule has 30 heavy (non-hydrogen) atoms. The number of hydrogen-bond donors (Lipinski definition) is 0. The number of hydrogen-bond acceptors (Lipinski definition) is 4. The predicted molar refractivity (Wildman–Crippen MR) is 118 cm³/mol. The van der Waals surface area contributed by atoms with Gasteiger partial charge in [0, 0.05) is 18.2 Å². The minimum atomic E-state index is -0.179. The Kier molecular flexibility index (Phi) is 5.46. The Balaban J connectivity index is 1.90. The van der Waals surface area contributed by atoms with E-state index in [-0.39, 0.29) is 19.0 Å². The van der Waals surface area contributed by atoms with E-state index in [1.807, 2.05) is 60.7 Å². The third-order valence-electron chi connectivity index (χ3n) is 4.73. The topological polar surface area (TPSA) is 63.9 Å². The molecule has 4 rings (SSSR count). The van der Waals surface area contributed by atoms with Gasteiger partial charge in [0.25, 0.3) is 0 Å². The number of amides is 1. The number of halogens is 1. The van der Waals surface area contributed by atoms with Crippen LogP contribution in [0.3, 0.4) is 0 Å². The van der Waals surface area contributed by atoms with Crippen LogP contribution in [0.1, 0.15) is 0 Å². The maximum absolute atomic E-state index is 12.6. The third-order valence-corrected chi connectivity index (χ3v) is 5.10. The standard InChI is InChI=1S/C23H18ClN5O/c1-3-14-28(2)18(30)15-29-23-19(21(27-29)16-10-6-4-7-11-16)20(24)22(25-26-23)17-12-8-5-9-13-17/h1,4-13H,14-15H2,2H3. The lowest BCUT2D eigenvalue weighted by molar-refractivity contribution is -0.130. The fourth-order valence-corrected chi connectivity index (χ4v) is 3.50. The summed E-state index contributed by atoms with van der Waals surface area (Å²) in [5.74, 6) is 2.28. The molecule has 0 N–H and O–H groups in total. The van der Waals surface area contributed by atoms with E-state index in [9.17, 15) is 4.79 Å². The number of likely N-dealkylation sites (N-methyl/N-ethyl adjacent to an activating group) is 1. The Bertz CT molecular complexity index is 1250. The molecule has 6 nitrogen and oxygen atoms in total. The quantitative estimate of drug-likeness (QED) is 0.464. The molecule has 7 heteroatoms. The van der Waals surface area contributed by atoms with Gasteiger partial charge in [0.1, 0.15) is 17.9 Å². The molecular formula is C23H18ClN5O. The first-order valence-corrected chi connectivity index (χ1v) is 9.69. The molecule has 0 saturated carbocycles. The zero-order valence-corrected chi connectivity index (χ0v) is 17.0. The highest BCUT2D eigenvalue weighted by Crippen LogP contribution is 2.37. The van der Waals surface area contributed by atoms with Gasteiger partial charge < -0.3 is 4.90 Å². The van der Waals surface area contributed by atoms with Crippen LogP contribution < -0.4 is 0 Å². The third kappa shape index (κ3) is 3.63. The molecule has 0 aliphatic carbocycles. The molecule has 0 aliphatic heterocycles. The highest BCUT2D eigenvalue weighted by Gasteiger charge is 2.22. The van der Waals surface area contributed by atoms with Gasteiger partial charge in [-0.3, -0.25) is 4.79 Å². The second kappa shape index (κ2) is 8.36. The minimum Gasteiger partial charge on any atom is -0.333 e. The van der Waals surface area contributed by atoms with Gasteiger partial charge in [0.05, 0.1) is 17.0 Å². The average Bonchev–Trinajstić information content (AvgIpc) is 3.14. The Morgan fingerprint density at radius 2 is 1.63 bits per heavy atom. The fraction of sp³-hybridized carbons (Fsp3) is 0.130. The van der Waals surface area contributed by atoms with Gasteiger partial charge in [-0.25, -0.2) is 4.68 Å². The average molecular weight is 416 g/mol. The van der Waals surface area contributed by atoms with Crippen LogP contribution >= 0.6 is 11.6 Å². The number of fused-ring (bicyclic) bond motifs is 1. The van der Waals surface area contributed by atoms with E-state index in [1.54, 1.807) is 7.05 Å². The highest BCUT2D eigenvalue weighted by atomic mass is 35.5. The lowest BCUT2D eigenvalue weighted by Crippen LogP contribution is -2.30. The summed E-state index contributed by atoms with van der Waals surface area (Å²) in [7, 11) is 1.65. The van der Waals surface area contributed by atoms with Crippen LogP contribution in [0.4, 0.5) is 0 Å². The number of aromatic nitrogens is 4. The second-order valence-electron chi connectivity index (χ2n) is 6.75. The Morgan fingerprint density at radius 3 is 2.23 bits per heavy atom. The van der Waals surface area contributed by atoms with Crippen LogP contribution in [0.2, 0.25) is 5.02 Å². The minimum absolute atomic E-state index is 0.0167. The van der Waals surface area contributed by atoms with Gasteiger partial charge in [-0.05, 0) is 0 Å². The van der Waals surface area contributed by atoms with E-state index in [4.69, 9.17) is 18.0 Å². The zero-order valence-electron chi connectivity index (χ0n) is 16.3. The lowest BCUT2D eigenvalue weighted by Gasteiger charge is -2.13. The molecule has 148 valence electrons. The largest absolute Gasteiger partial charge is 0.333 e. The second-order valence-corrected chi connectivity index (χ2v) is 7.13. The first kappa shape index (κ1) is 19.6. The maximum Gasteiger partial charge on any atom is 0.244 e. The number of nitrogens with zero attached hydrogens (tertiary/aromatic N) is 5. The van der Waals surface area contributed by atoms with Crippen LogP contribution in [-0.4, -0.2) is 44.4 Å². The van der Waals surface area contributed by atoms with Gasteiger partial charge in [-0.2, -0.15) is 5.10 Å². The molecule has 0 fully saturated rings. The van der Waals surface area contributed by atoms with Crippen molar-refractivity contribution in [2.45, 2.75) is 6.54 Å². The smallest absolute Gasteiger partial charge is 0.244 e. The molecule has 2 aromatic carbocycles. The summed E-state index contributed by atoms with van der Waals surface area (Å²) in [6.45, 7) is 0.200. The molecule has 0 saturated heterocycles. The van der Waals surface area contributed by atoms with E-state index in [0.717, 1.165) is 11.1 Å². The normalized spacial score (nSPS) is 10.7. The number of carbonyl (C=O) groups is 1. The molecule has 2 aromatic heterocycles. The molecule has 0 spiro atoms. The van der Waals surface area contributed by atoms with E-state index < -0.39 is 0 Å². The number of terminal acetylenes is 1. The summed E-state index contributed by atoms with van der Waals surface area (Å²) < 4.78 is 1.53. The van der Waals surface area contributed by atoms with Crippen molar-refractivity contribution in [3.05, 3.63) is 65.7 Å². The van der Waals surface area contributed by atoms with Gasteiger partial charge in [-0.15, -0.1) is 16.6 Å². The Morgan fingerprint density at radius 1 is 1.03 bits per heavy atom. The molecule has 0 bridgehead atoms. The summed E-state index contributed by atoms with van der Waals surface area (Å²) in [4.78, 5) is 14.0. The van der Waals surface area contributed by atoms with Crippen molar-refractivity contribution >= 4 is 28.5 Å². The lowest BCUT2D eigenvalue weighted by atomic mass is 10.1. The van der Waals surface area contributed by atoms with Gasteiger partial charge in [0.2, 0.25) is 5.91 Å². The van der Waals surface area contributed by atoms with Crippen molar-refractivity contribution in [3.63, 3.8) is 0 Å². The molecule has 0 unspecified atom stereocenters. The van der Waals surface area contributed by atoms with Crippen molar-refractivity contribution < 1.29 is 4.79 Å². The Labute approximate surface area is 179 Å². The number of rotatable bonds is 5. The molecule has 0 aliphatic rings. The number of benzene rings is 2. The SMILES string of the molecule is C#CCN(C)C(=O)Cn1nc(-c2ccccc2)c2c(Cl)c(-c3ccccc3)nnc21. The van der Waals surface area contributed by atoms with Crippen LogP contribution in [0, 0.1) is 12.3 Å². The summed E-state index contributed by atoms with van der Waals surface area (Å²) >= 11 is 6.82. The van der Waals surface area contributed by atoms with Crippen LogP contribution in [0.15, 0.2) is 60.7 Å². The fourth-order valence-electron chi connectivity index (χ4n) is 3.18. The van der Waals surface area contributed by atoms with Gasteiger partial charge >= 0.3 is 0 Å². The van der Waals surface area contributed by atoms with Gasteiger partial charge in [0.15, 0.2) is 5.65 Å². The summed E-state index contributed by atoms with van der Waals surface area (Å²) in [5.41, 5.74) is 3.39. The van der Waals surface area contributed by atoms with E-state index in [1.165, 1.54) is 9.58 Å². The summed E-state index contributed by atoms with van der Waals surface area (Å²) in [5, 5.41) is 14.5. The molecule has 1 amide bonds. The van der Waals surface area contributed by atoms with Crippen molar-refractivity contribution in [2.24, 2.45) is 0 Å². The van der Waals surface area contributed by atoms with Crippen LogP contribution in [-0.2, 0) is 11.3 Å². The molecule has 2 heterocycles. The van der Waals surface area contributed by atoms with Crippen molar-refractivity contribution in [3.8, 4) is 34.9 Å². The van der Waals surface area contributed by atoms with Crippen molar-refractivity contribution in [2.75, 3.05) is 13.6 Å². The zero-order chi connectivity index (χ0) is 21.1. The van der Waals surface area contributed by atoms with Crippen LogP contribution in [0.25, 0.3) is 33.5 Å². The van der Waals surface area contributed by atoms with Gasteiger partial charge in [-0.1, -0.05) is 78.2 Å². The van der Waals surface area contributed by atoms with Crippen molar-refractivity contribution in [1.82, 2.24) is 24.9 Å². The molecule has 4 aromatic rings.